The zero-order valence-corrected chi connectivity index (χ0v) is 20.6. The van der Waals surface area contributed by atoms with E-state index in [-0.39, 0.29) is 10.8 Å². The van der Waals surface area contributed by atoms with E-state index in [1.165, 1.54) is 40.5 Å². The molecule has 5 rings (SSSR count). The number of aryl methyl sites for hydroxylation is 1. The van der Waals surface area contributed by atoms with Gasteiger partial charge in [0, 0.05) is 12.0 Å². The lowest BCUT2D eigenvalue weighted by atomic mass is 9.69. The molecule has 1 amide bonds. The van der Waals surface area contributed by atoms with Crippen LogP contribution in [0.25, 0.3) is 6.08 Å². The number of hydrogen-bond donors (Lipinski definition) is 1. The van der Waals surface area contributed by atoms with Gasteiger partial charge in [0.15, 0.2) is 0 Å². The minimum atomic E-state index is -3.90. The third-order valence-electron chi connectivity index (χ3n) is 6.76. The smallest absolute Gasteiger partial charge is 0.264 e. The third-order valence-corrected chi connectivity index (χ3v) is 8.12. The molecule has 5 heteroatoms. The zero-order chi connectivity index (χ0) is 25.0. The number of carbonyl (C=O) groups is 1. The Hall–Kier alpha value is -3.96. The molecular formula is C31H27NO3S. The Morgan fingerprint density at radius 2 is 1.39 bits per heavy atom. The first-order valence-electron chi connectivity index (χ1n) is 12.0. The van der Waals surface area contributed by atoms with E-state index >= 15 is 0 Å². The van der Waals surface area contributed by atoms with E-state index in [4.69, 9.17) is 0 Å². The average molecular weight is 494 g/mol. The predicted molar refractivity (Wildman–Crippen MR) is 143 cm³/mol. The number of benzene rings is 4. The maximum absolute atomic E-state index is 12.4. The lowest BCUT2D eigenvalue weighted by Gasteiger charge is -2.34. The molecule has 0 saturated heterocycles. The molecule has 1 aliphatic rings. The molecule has 2 unspecified atom stereocenters. The Morgan fingerprint density at radius 3 is 2.11 bits per heavy atom. The highest BCUT2D eigenvalue weighted by atomic mass is 32.2. The molecule has 0 aromatic heterocycles. The SMILES string of the molecule is O=C(C=Cc1ccc(C2c3ccccc3CCC2c2ccccc2)cc1)NS(=O)(=O)c1ccccc1. The molecule has 4 aromatic carbocycles. The van der Waals surface area contributed by atoms with Crippen LogP contribution in [-0.4, -0.2) is 14.3 Å². The van der Waals surface area contributed by atoms with E-state index in [9.17, 15) is 13.2 Å². The van der Waals surface area contributed by atoms with Crippen LogP contribution in [0.4, 0.5) is 0 Å². The fourth-order valence-corrected chi connectivity index (χ4v) is 6.01. The van der Waals surface area contributed by atoms with Crippen LogP contribution in [0.2, 0.25) is 0 Å². The largest absolute Gasteiger partial charge is 0.269 e. The van der Waals surface area contributed by atoms with E-state index in [0.717, 1.165) is 18.4 Å². The first kappa shape index (κ1) is 23.8. The van der Waals surface area contributed by atoms with E-state index in [2.05, 4.69) is 71.5 Å². The monoisotopic (exact) mass is 493 g/mol. The van der Waals surface area contributed by atoms with Crippen molar-refractivity contribution in [3.63, 3.8) is 0 Å². The number of rotatable bonds is 6. The first-order chi connectivity index (χ1) is 17.5. The van der Waals surface area contributed by atoms with Crippen molar-refractivity contribution in [2.75, 3.05) is 0 Å². The van der Waals surface area contributed by atoms with Gasteiger partial charge in [0.1, 0.15) is 0 Å². The zero-order valence-electron chi connectivity index (χ0n) is 19.7. The highest BCUT2D eigenvalue weighted by Crippen LogP contribution is 2.46. The second kappa shape index (κ2) is 10.3. The molecule has 180 valence electrons. The molecule has 0 spiro atoms. The fraction of sp³-hybridized carbons (Fsp3) is 0.129. The van der Waals surface area contributed by atoms with Crippen LogP contribution in [-0.2, 0) is 21.2 Å². The van der Waals surface area contributed by atoms with Gasteiger partial charge in [-0.25, -0.2) is 13.1 Å². The van der Waals surface area contributed by atoms with Crippen molar-refractivity contribution in [3.05, 3.63) is 143 Å². The molecule has 4 nitrogen and oxygen atoms in total. The van der Waals surface area contributed by atoms with Gasteiger partial charge in [-0.2, -0.15) is 0 Å². The summed E-state index contributed by atoms with van der Waals surface area (Å²) >= 11 is 0. The molecule has 36 heavy (non-hydrogen) atoms. The van der Waals surface area contributed by atoms with Crippen LogP contribution in [0.1, 0.15) is 46.1 Å². The van der Waals surface area contributed by atoms with Crippen LogP contribution in [0, 0.1) is 0 Å². The summed E-state index contributed by atoms with van der Waals surface area (Å²) in [6.45, 7) is 0. The van der Waals surface area contributed by atoms with E-state index in [0.29, 0.717) is 5.92 Å². The first-order valence-corrected chi connectivity index (χ1v) is 13.5. The minimum Gasteiger partial charge on any atom is -0.269 e. The van der Waals surface area contributed by atoms with Crippen molar-refractivity contribution in [2.24, 2.45) is 0 Å². The molecular weight excluding hydrogens is 466 g/mol. The van der Waals surface area contributed by atoms with Gasteiger partial charge in [-0.1, -0.05) is 97.1 Å². The lowest BCUT2D eigenvalue weighted by Crippen LogP contribution is -2.28. The van der Waals surface area contributed by atoms with Gasteiger partial charge in [0.25, 0.3) is 15.9 Å². The minimum absolute atomic E-state index is 0.0526. The van der Waals surface area contributed by atoms with Crippen molar-refractivity contribution in [3.8, 4) is 0 Å². The van der Waals surface area contributed by atoms with E-state index in [1.54, 1.807) is 24.3 Å². The Morgan fingerprint density at radius 1 is 0.750 bits per heavy atom. The summed E-state index contributed by atoms with van der Waals surface area (Å²) in [5.74, 6) is -0.0561. The van der Waals surface area contributed by atoms with Crippen LogP contribution >= 0.6 is 0 Å². The van der Waals surface area contributed by atoms with Gasteiger partial charge >= 0.3 is 0 Å². The third kappa shape index (κ3) is 5.16. The molecule has 0 saturated carbocycles. The Bertz CT molecular complexity index is 1480. The molecule has 1 aliphatic carbocycles. The number of amides is 1. The molecule has 0 bridgehead atoms. The molecule has 4 aromatic rings. The number of nitrogens with one attached hydrogen (secondary N) is 1. The maximum Gasteiger partial charge on any atom is 0.264 e. The van der Waals surface area contributed by atoms with Crippen LogP contribution in [0.15, 0.2) is 120 Å². The second-order valence-electron chi connectivity index (χ2n) is 9.02. The van der Waals surface area contributed by atoms with Crippen LogP contribution < -0.4 is 4.72 Å². The summed E-state index contributed by atoms with van der Waals surface area (Å²) in [7, 11) is -3.90. The molecule has 1 N–H and O–H groups in total. The molecule has 2 atom stereocenters. The molecule has 0 aliphatic heterocycles. The van der Waals surface area contributed by atoms with Crippen LogP contribution in [0.5, 0.6) is 0 Å². The molecule has 0 radical (unpaired) electrons. The maximum atomic E-state index is 12.4. The van der Waals surface area contributed by atoms with Crippen molar-refractivity contribution >= 4 is 22.0 Å². The number of hydrogen-bond acceptors (Lipinski definition) is 3. The normalized spacial score (nSPS) is 17.4. The van der Waals surface area contributed by atoms with E-state index in [1.807, 2.05) is 12.1 Å². The number of carbonyl (C=O) groups excluding carboxylic acids is 1. The highest BCUT2D eigenvalue weighted by Gasteiger charge is 2.31. The molecule has 0 fully saturated rings. The van der Waals surface area contributed by atoms with Crippen molar-refractivity contribution in [1.82, 2.24) is 4.72 Å². The summed E-state index contributed by atoms with van der Waals surface area (Å²) in [5.41, 5.74) is 6.16. The van der Waals surface area contributed by atoms with Crippen molar-refractivity contribution in [1.29, 1.82) is 0 Å². The van der Waals surface area contributed by atoms with Gasteiger partial charge in [0.2, 0.25) is 0 Å². The second-order valence-corrected chi connectivity index (χ2v) is 10.7. The fourth-order valence-electron chi connectivity index (χ4n) is 5.04. The average Bonchev–Trinajstić information content (AvgIpc) is 2.92. The Balaban J connectivity index is 1.36. The topological polar surface area (TPSA) is 63.2 Å². The van der Waals surface area contributed by atoms with Gasteiger partial charge in [0.05, 0.1) is 4.90 Å². The Labute approximate surface area is 212 Å². The number of fused-ring (bicyclic) bond motifs is 1. The van der Waals surface area contributed by atoms with Gasteiger partial charge in [-0.05, 0) is 64.8 Å². The summed E-state index contributed by atoms with van der Waals surface area (Å²) in [6, 6.07) is 35.4. The standard InChI is InChI=1S/C31H27NO3S/c33-30(32-36(34,35)27-12-5-2-6-13-27)22-17-23-15-18-26(19-16-23)31-28-14-8-7-11-25(28)20-21-29(31)24-9-3-1-4-10-24/h1-19,22,29,31H,20-21H2,(H,32,33). The van der Waals surface area contributed by atoms with Crippen molar-refractivity contribution in [2.45, 2.75) is 29.6 Å². The van der Waals surface area contributed by atoms with Crippen LogP contribution in [0.3, 0.4) is 0 Å². The highest BCUT2D eigenvalue weighted by molar-refractivity contribution is 7.90. The molecule has 0 heterocycles. The van der Waals surface area contributed by atoms with Gasteiger partial charge in [-0.3, -0.25) is 4.79 Å². The summed E-state index contributed by atoms with van der Waals surface area (Å²) in [6.07, 6.45) is 5.03. The van der Waals surface area contributed by atoms with Crippen molar-refractivity contribution < 1.29 is 13.2 Å². The predicted octanol–water partition coefficient (Wildman–Crippen LogP) is 6.07. The van der Waals surface area contributed by atoms with Gasteiger partial charge in [-0.15, -0.1) is 0 Å². The summed E-state index contributed by atoms with van der Waals surface area (Å²) < 4.78 is 26.8. The summed E-state index contributed by atoms with van der Waals surface area (Å²) in [5, 5.41) is 0. The quantitative estimate of drug-likeness (QED) is 0.332. The van der Waals surface area contributed by atoms with E-state index < -0.39 is 15.9 Å². The lowest BCUT2D eigenvalue weighted by molar-refractivity contribution is -0.114. The Kier molecular flexibility index (Phi) is 6.83. The van der Waals surface area contributed by atoms with Gasteiger partial charge < -0.3 is 0 Å². The number of sulfonamides is 1. The summed E-state index contributed by atoms with van der Waals surface area (Å²) in [4.78, 5) is 12.3.